The van der Waals surface area contributed by atoms with Crippen molar-refractivity contribution in [3.63, 3.8) is 0 Å². The largest absolute Gasteiger partial charge is 0.489 e. The van der Waals surface area contributed by atoms with Gasteiger partial charge in [0.15, 0.2) is 5.75 Å². The van der Waals surface area contributed by atoms with Gasteiger partial charge >= 0.3 is 0 Å². The van der Waals surface area contributed by atoms with E-state index in [1.165, 1.54) is 0 Å². The molecule has 0 amide bonds. The van der Waals surface area contributed by atoms with E-state index in [9.17, 15) is 0 Å². The third-order valence-corrected chi connectivity index (χ3v) is 3.78. The van der Waals surface area contributed by atoms with Gasteiger partial charge in [0.1, 0.15) is 19.0 Å². The molecule has 0 spiro atoms. The normalized spacial score (nSPS) is 9.90. The molecule has 0 aliphatic heterocycles. The predicted octanol–water partition coefficient (Wildman–Crippen LogP) is 7.01. The highest BCUT2D eigenvalue weighted by molar-refractivity contribution is 9.28. The summed E-state index contributed by atoms with van der Waals surface area (Å²) in [5.74, 6) is 0.998. The highest BCUT2D eigenvalue weighted by atomic mass is 79.9. The van der Waals surface area contributed by atoms with Gasteiger partial charge in [-0.3, -0.25) is 0 Å². The van der Waals surface area contributed by atoms with Gasteiger partial charge < -0.3 is 9.47 Å². The highest BCUT2D eigenvalue weighted by Crippen LogP contribution is 2.37. The third-order valence-electron chi connectivity index (χ3n) is 1.92. The van der Waals surface area contributed by atoms with Crippen molar-refractivity contribution >= 4 is 86.9 Å². The summed E-state index contributed by atoms with van der Waals surface area (Å²) < 4.78 is 12.6. The maximum atomic E-state index is 6.12. The summed E-state index contributed by atoms with van der Waals surface area (Å²) >= 11 is 25.2. The first kappa shape index (κ1) is 18.8. The van der Waals surface area contributed by atoms with Gasteiger partial charge in [-0.15, -0.1) is 0 Å². The molecule has 20 heavy (non-hydrogen) atoms. The van der Waals surface area contributed by atoms with Gasteiger partial charge in [0.25, 0.3) is 0 Å². The quantitative estimate of drug-likeness (QED) is 0.364. The van der Waals surface area contributed by atoms with E-state index in [1.807, 2.05) is 6.08 Å². The van der Waals surface area contributed by atoms with Crippen molar-refractivity contribution in [3.8, 4) is 11.5 Å². The Morgan fingerprint density at radius 1 is 0.900 bits per heavy atom. The minimum atomic E-state index is 0.338. The molecule has 1 rings (SSSR count). The molecule has 0 atom stereocenters. The Kier molecular flexibility index (Phi) is 9.18. The molecule has 0 aliphatic rings. The second-order valence-corrected chi connectivity index (χ2v) is 9.69. The minimum absolute atomic E-state index is 0.338. The van der Waals surface area contributed by atoms with Gasteiger partial charge in [-0.05, 0) is 75.9 Å². The maximum Gasteiger partial charge on any atom is 0.157 e. The van der Waals surface area contributed by atoms with E-state index in [0.717, 1.165) is 6.78 Å². The molecule has 1 aromatic rings. The molecule has 0 saturated heterocycles. The summed E-state index contributed by atoms with van der Waals surface area (Å²) in [6, 6.07) is 3.32. The van der Waals surface area contributed by atoms with Crippen LogP contribution in [0.4, 0.5) is 0 Å². The van der Waals surface area contributed by atoms with E-state index < -0.39 is 0 Å². The first-order valence-electron chi connectivity index (χ1n) is 5.17. The molecular weight excluding hydrogens is 567 g/mol. The van der Waals surface area contributed by atoms with Crippen molar-refractivity contribution < 1.29 is 9.47 Å². The molecule has 0 aromatic heterocycles. The minimum Gasteiger partial charge on any atom is -0.489 e. The molecule has 8 heteroatoms. The Balaban J connectivity index is 2.75. The fourth-order valence-electron chi connectivity index (χ4n) is 1.15. The van der Waals surface area contributed by atoms with Gasteiger partial charge in [0.2, 0.25) is 0 Å². The zero-order valence-electron chi connectivity index (χ0n) is 9.81. The molecule has 0 heterocycles. The van der Waals surface area contributed by atoms with Crippen LogP contribution in [0.5, 0.6) is 11.5 Å². The van der Waals surface area contributed by atoms with Crippen LogP contribution in [0.3, 0.4) is 0 Å². The molecule has 0 aliphatic carbocycles. The van der Waals surface area contributed by atoms with E-state index in [1.54, 1.807) is 18.2 Å². The number of rotatable bonds is 6. The lowest BCUT2D eigenvalue weighted by Crippen LogP contribution is -1.97. The SMILES string of the molecule is Clc1cc(OCC=C(Br)Br)cc(Cl)c1OCC=C(Br)Br. The molecule has 1 aromatic carbocycles. The van der Waals surface area contributed by atoms with E-state index >= 15 is 0 Å². The van der Waals surface area contributed by atoms with Crippen molar-refractivity contribution in [2.24, 2.45) is 0 Å². The number of hydrogen-bond donors (Lipinski definition) is 0. The zero-order valence-corrected chi connectivity index (χ0v) is 17.7. The highest BCUT2D eigenvalue weighted by Gasteiger charge is 2.10. The van der Waals surface area contributed by atoms with Crippen molar-refractivity contribution in [2.45, 2.75) is 0 Å². The van der Waals surface area contributed by atoms with E-state index in [2.05, 4.69) is 63.7 Å². The van der Waals surface area contributed by atoms with Gasteiger partial charge in [-0.25, -0.2) is 0 Å². The lowest BCUT2D eigenvalue weighted by Gasteiger charge is -2.11. The Hall–Kier alpha value is 0.800. The number of halogens is 6. The number of benzene rings is 1. The van der Waals surface area contributed by atoms with E-state index in [-0.39, 0.29) is 0 Å². The monoisotopic (exact) mass is 570 g/mol. The number of hydrogen-bond acceptors (Lipinski definition) is 2. The van der Waals surface area contributed by atoms with Crippen LogP contribution in [0.15, 0.2) is 31.1 Å². The average Bonchev–Trinajstić information content (AvgIpc) is 2.32. The van der Waals surface area contributed by atoms with Crippen LogP contribution in [-0.2, 0) is 0 Å². The molecule has 110 valence electrons. The number of ether oxygens (including phenoxy) is 2. The zero-order chi connectivity index (χ0) is 15.1. The van der Waals surface area contributed by atoms with Gasteiger partial charge in [-0.2, -0.15) is 0 Å². The van der Waals surface area contributed by atoms with Crippen molar-refractivity contribution in [1.82, 2.24) is 0 Å². The summed E-state index contributed by atoms with van der Waals surface area (Å²) in [5.41, 5.74) is 0. The topological polar surface area (TPSA) is 18.5 Å². The summed E-state index contributed by atoms with van der Waals surface area (Å²) in [4.78, 5) is 0. The summed E-state index contributed by atoms with van der Waals surface area (Å²) in [7, 11) is 0. The Morgan fingerprint density at radius 3 is 1.80 bits per heavy atom. The van der Waals surface area contributed by atoms with Gasteiger partial charge in [0, 0.05) is 12.1 Å². The standard InChI is InChI=1S/C12H8Br4Cl2O2/c13-10(14)1-3-19-7-5-8(17)12(9(18)6-7)20-4-2-11(15)16/h1-2,5-6H,3-4H2. The van der Waals surface area contributed by atoms with E-state index in [0.29, 0.717) is 34.8 Å². The first-order chi connectivity index (χ1) is 9.40. The fraction of sp³-hybridized carbons (Fsp3) is 0.167. The molecule has 2 nitrogen and oxygen atoms in total. The predicted molar refractivity (Wildman–Crippen MR) is 99.3 cm³/mol. The third kappa shape index (κ3) is 7.18. The summed E-state index contributed by atoms with van der Waals surface area (Å²) in [6.45, 7) is 0.725. The van der Waals surface area contributed by atoms with Gasteiger partial charge in [-0.1, -0.05) is 23.2 Å². The summed E-state index contributed by atoms with van der Waals surface area (Å²) in [5, 5.41) is 0.793. The van der Waals surface area contributed by atoms with Crippen LogP contribution < -0.4 is 9.47 Å². The van der Waals surface area contributed by atoms with Crippen LogP contribution in [0.25, 0.3) is 0 Å². The lowest BCUT2D eigenvalue weighted by molar-refractivity contribution is 0.353. The molecule has 0 unspecified atom stereocenters. The summed E-state index contributed by atoms with van der Waals surface area (Å²) in [6.07, 6.45) is 3.60. The van der Waals surface area contributed by atoms with Crippen molar-refractivity contribution in [2.75, 3.05) is 13.2 Å². The van der Waals surface area contributed by atoms with Crippen LogP contribution >= 0.6 is 86.9 Å². The second kappa shape index (κ2) is 9.74. The molecule has 0 N–H and O–H groups in total. The molecular formula is C12H8Br4Cl2O2. The van der Waals surface area contributed by atoms with Crippen molar-refractivity contribution in [3.05, 3.63) is 41.1 Å². The average molecular weight is 575 g/mol. The lowest BCUT2D eigenvalue weighted by atomic mass is 10.3. The van der Waals surface area contributed by atoms with Crippen LogP contribution in [0.2, 0.25) is 10.0 Å². The maximum absolute atomic E-state index is 6.12. The molecule has 0 radical (unpaired) electrons. The fourth-order valence-corrected chi connectivity index (χ4v) is 2.25. The Morgan fingerprint density at radius 2 is 1.35 bits per heavy atom. The Labute approximate surface area is 161 Å². The van der Waals surface area contributed by atoms with Crippen LogP contribution in [0.1, 0.15) is 0 Å². The molecule has 0 bridgehead atoms. The first-order valence-corrected chi connectivity index (χ1v) is 9.10. The molecule has 0 fully saturated rings. The Bertz CT molecular complexity index is 501. The molecule has 0 saturated carbocycles. The van der Waals surface area contributed by atoms with Crippen molar-refractivity contribution in [1.29, 1.82) is 0 Å². The second-order valence-electron chi connectivity index (χ2n) is 3.33. The van der Waals surface area contributed by atoms with Crippen LogP contribution in [0, 0.1) is 0 Å². The van der Waals surface area contributed by atoms with Crippen LogP contribution in [-0.4, -0.2) is 13.2 Å². The smallest absolute Gasteiger partial charge is 0.157 e. The van der Waals surface area contributed by atoms with Gasteiger partial charge in [0.05, 0.1) is 16.8 Å². The van der Waals surface area contributed by atoms with E-state index in [4.69, 9.17) is 32.7 Å².